The van der Waals surface area contributed by atoms with Crippen LogP contribution in [0, 0.1) is 6.92 Å². The van der Waals surface area contributed by atoms with Crippen LogP contribution in [0.2, 0.25) is 0 Å². The lowest BCUT2D eigenvalue weighted by molar-refractivity contribution is 0.288. The molecular weight excluding hydrogens is 212 g/mol. The van der Waals surface area contributed by atoms with E-state index in [0.29, 0.717) is 17.7 Å². The highest BCUT2D eigenvalue weighted by atomic mass is 32.2. The van der Waals surface area contributed by atoms with Gasteiger partial charge in [0.15, 0.2) is 9.84 Å². The van der Waals surface area contributed by atoms with Crippen molar-refractivity contribution in [2.45, 2.75) is 24.7 Å². The summed E-state index contributed by atoms with van der Waals surface area (Å²) in [6.07, 6.45) is 2.40. The third kappa shape index (κ3) is 3.32. The molecule has 1 N–H and O–H groups in total. The predicted octanol–water partition coefficient (Wildman–Crippen LogP) is 1.32. The molecule has 0 fully saturated rings. The number of hydrogen-bond acceptors (Lipinski definition) is 3. The third-order valence-corrected chi connectivity index (χ3v) is 3.41. The standard InChI is InChI=1S/C11H16O3S/c1-9-5-6-10(4-3-7-12)11(8-9)15(2,13)14/h5-6,8,12H,3-4,7H2,1-2H3. The molecule has 0 aliphatic rings. The van der Waals surface area contributed by atoms with E-state index in [1.807, 2.05) is 19.1 Å². The molecule has 4 heteroatoms. The van der Waals surface area contributed by atoms with Gasteiger partial charge in [-0.15, -0.1) is 0 Å². The Hall–Kier alpha value is -0.870. The predicted molar refractivity (Wildman–Crippen MR) is 59.7 cm³/mol. The number of benzene rings is 1. The maximum absolute atomic E-state index is 11.5. The van der Waals surface area contributed by atoms with Crippen LogP contribution in [0.4, 0.5) is 0 Å². The van der Waals surface area contributed by atoms with Gasteiger partial charge in [-0.05, 0) is 37.0 Å². The molecule has 0 aliphatic carbocycles. The number of hydrogen-bond donors (Lipinski definition) is 1. The van der Waals surface area contributed by atoms with Gasteiger partial charge in [0.25, 0.3) is 0 Å². The van der Waals surface area contributed by atoms with Gasteiger partial charge in [0, 0.05) is 12.9 Å². The van der Waals surface area contributed by atoms with Gasteiger partial charge in [-0.25, -0.2) is 8.42 Å². The molecule has 0 amide bonds. The van der Waals surface area contributed by atoms with Crippen molar-refractivity contribution in [2.75, 3.05) is 12.9 Å². The minimum Gasteiger partial charge on any atom is -0.396 e. The van der Waals surface area contributed by atoms with Crippen molar-refractivity contribution < 1.29 is 13.5 Å². The second kappa shape index (κ2) is 4.77. The van der Waals surface area contributed by atoms with Crippen LogP contribution in [0.5, 0.6) is 0 Å². The Kier molecular flexibility index (Phi) is 3.88. The van der Waals surface area contributed by atoms with Crippen LogP contribution in [0.25, 0.3) is 0 Å². The van der Waals surface area contributed by atoms with Crippen molar-refractivity contribution in [3.8, 4) is 0 Å². The summed E-state index contributed by atoms with van der Waals surface area (Å²) in [7, 11) is -3.17. The maximum atomic E-state index is 11.5. The SMILES string of the molecule is Cc1ccc(CCCO)c(S(C)(=O)=O)c1. The molecular formula is C11H16O3S. The average Bonchev–Trinajstić information content (AvgIpc) is 2.14. The highest BCUT2D eigenvalue weighted by Gasteiger charge is 2.12. The summed E-state index contributed by atoms with van der Waals surface area (Å²) in [5.41, 5.74) is 1.72. The molecule has 0 saturated carbocycles. The largest absolute Gasteiger partial charge is 0.396 e. The second-order valence-electron chi connectivity index (χ2n) is 3.71. The normalized spacial score (nSPS) is 11.7. The Balaban J connectivity index is 3.15. The molecule has 0 radical (unpaired) electrons. The monoisotopic (exact) mass is 228 g/mol. The van der Waals surface area contributed by atoms with Gasteiger partial charge in [-0.2, -0.15) is 0 Å². The lowest BCUT2D eigenvalue weighted by atomic mass is 10.1. The van der Waals surface area contributed by atoms with Crippen molar-refractivity contribution in [3.05, 3.63) is 29.3 Å². The number of rotatable bonds is 4. The number of aryl methyl sites for hydroxylation is 2. The quantitative estimate of drug-likeness (QED) is 0.845. The van der Waals surface area contributed by atoms with E-state index in [9.17, 15) is 8.42 Å². The van der Waals surface area contributed by atoms with Gasteiger partial charge in [0.05, 0.1) is 4.90 Å². The van der Waals surface area contributed by atoms with E-state index in [2.05, 4.69) is 0 Å². The molecule has 0 unspecified atom stereocenters. The van der Waals surface area contributed by atoms with Crippen LogP contribution in [-0.2, 0) is 16.3 Å². The fourth-order valence-electron chi connectivity index (χ4n) is 1.48. The molecule has 0 aromatic heterocycles. The molecule has 0 spiro atoms. The third-order valence-electron chi connectivity index (χ3n) is 2.23. The Morgan fingerprint density at radius 1 is 1.33 bits per heavy atom. The van der Waals surface area contributed by atoms with Crippen molar-refractivity contribution in [2.24, 2.45) is 0 Å². The molecule has 1 aromatic rings. The summed E-state index contributed by atoms with van der Waals surface area (Å²) in [4.78, 5) is 0.385. The molecule has 0 aliphatic heterocycles. The van der Waals surface area contributed by atoms with E-state index in [1.54, 1.807) is 6.07 Å². The highest BCUT2D eigenvalue weighted by molar-refractivity contribution is 7.90. The minimum atomic E-state index is -3.17. The van der Waals surface area contributed by atoms with Crippen molar-refractivity contribution in [1.29, 1.82) is 0 Å². The Morgan fingerprint density at radius 3 is 2.53 bits per heavy atom. The summed E-state index contributed by atoms with van der Waals surface area (Å²) in [6.45, 7) is 1.95. The number of aliphatic hydroxyl groups is 1. The smallest absolute Gasteiger partial charge is 0.175 e. The van der Waals surface area contributed by atoms with Gasteiger partial charge < -0.3 is 5.11 Å². The van der Waals surface area contributed by atoms with Gasteiger partial charge in [0.2, 0.25) is 0 Å². The van der Waals surface area contributed by atoms with Crippen molar-refractivity contribution in [3.63, 3.8) is 0 Å². The van der Waals surface area contributed by atoms with E-state index >= 15 is 0 Å². The molecule has 84 valence electrons. The fraction of sp³-hybridized carbons (Fsp3) is 0.455. The van der Waals surface area contributed by atoms with Crippen LogP contribution in [0.3, 0.4) is 0 Å². The van der Waals surface area contributed by atoms with Crippen LogP contribution in [0.1, 0.15) is 17.5 Å². The topological polar surface area (TPSA) is 54.4 Å². The number of aliphatic hydroxyl groups excluding tert-OH is 1. The van der Waals surface area contributed by atoms with E-state index in [1.165, 1.54) is 6.26 Å². The Morgan fingerprint density at radius 2 is 2.00 bits per heavy atom. The molecule has 0 bridgehead atoms. The first-order valence-electron chi connectivity index (χ1n) is 4.85. The highest BCUT2D eigenvalue weighted by Crippen LogP contribution is 2.18. The lowest BCUT2D eigenvalue weighted by Crippen LogP contribution is -2.03. The second-order valence-corrected chi connectivity index (χ2v) is 5.69. The van der Waals surface area contributed by atoms with Gasteiger partial charge in [0.1, 0.15) is 0 Å². The molecule has 0 atom stereocenters. The zero-order valence-electron chi connectivity index (χ0n) is 9.03. The molecule has 1 aromatic carbocycles. The summed E-state index contributed by atoms with van der Waals surface area (Å²) in [5, 5.41) is 8.73. The fourth-order valence-corrected chi connectivity index (χ4v) is 2.53. The summed E-state index contributed by atoms with van der Waals surface area (Å²) in [6, 6.07) is 5.39. The van der Waals surface area contributed by atoms with E-state index in [-0.39, 0.29) is 6.61 Å². The molecule has 15 heavy (non-hydrogen) atoms. The van der Waals surface area contributed by atoms with Crippen molar-refractivity contribution in [1.82, 2.24) is 0 Å². The molecule has 0 heterocycles. The average molecular weight is 228 g/mol. The zero-order chi connectivity index (χ0) is 11.5. The summed E-state index contributed by atoms with van der Waals surface area (Å²) >= 11 is 0. The molecule has 0 saturated heterocycles. The Labute approximate surface area is 90.7 Å². The first-order chi connectivity index (χ1) is 6.95. The van der Waals surface area contributed by atoms with Crippen LogP contribution in [-0.4, -0.2) is 26.4 Å². The molecule has 3 nitrogen and oxygen atoms in total. The minimum absolute atomic E-state index is 0.0804. The van der Waals surface area contributed by atoms with Gasteiger partial charge in [-0.1, -0.05) is 12.1 Å². The zero-order valence-corrected chi connectivity index (χ0v) is 9.84. The summed E-state index contributed by atoms with van der Waals surface area (Å²) < 4.78 is 23.0. The van der Waals surface area contributed by atoms with Crippen LogP contribution < -0.4 is 0 Å². The van der Waals surface area contributed by atoms with Gasteiger partial charge >= 0.3 is 0 Å². The number of sulfone groups is 1. The van der Waals surface area contributed by atoms with E-state index < -0.39 is 9.84 Å². The summed E-state index contributed by atoms with van der Waals surface area (Å²) in [5.74, 6) is 0. The first-order valence-corrected chi connectivity index (χ1v) is 6.74. The first kappa shape index (κ1) is 12.2. The van der Waals surface area contributed by atoms with Crippen LogP contribution in [0.15, 0.2) is 23.1 Å². The Bertz CT molecular complexity index is 435. The lowest BCUT2D eigenvalue weighted by Gasteiger charge is -2.08. The van der Waals surface area contributed by atoms with Crippen molar-refractivity contribution >= 4 is 9.84 Å². The van der Waals surface area contributed by atoms with Gasteiger partial charge in [-0.3, -0.25) is 0 Å². The van der Waals surface area contributed by atoms with E-state index in [0.717, 1.165) is 11.1 Å². The maximum Gasteiger partial charge on any atom is 0.175 e. The molecule has 1 rings (SSSR count). The van der Waals surface area contributed by atoms with Crippen LogP contribution >= 0.6 is 0 Å². The van der Waals surface area contributed by atoms with E-state index in [4.69, 9.17) is 5.11 Å².